The Morgan fingerprint density at radius 1 is 1.44 bits per heavy atom. The molecule has 0 aromatic rings. The molecule has 0 amide bonds. The number of allylic oxidation sites excluding steroid dienone is 2. The molecule has 0 heterocycles. The van der Waals surface area contributed by atoms with E-state index in [1.807, 2.05) is 0 Å². The number of hydrogen-bond acceptors (Lipinski definition) is 0. The second kappa shape index (κ2) is 1.76. The van der Waals surface area contributed by atoms with Gasteiger partial charge in [-0.3, -0.25) is 0 Å². The lowest BCUT2D eigenvalue weighted by Gasteiger charge is -2.36. The SMILES string of the molecule is ClC1C=CC2(CCC2)C1. The number of halogens is 1. The maximum atomic E-state index is 5.92. The van der Waals surface area contributed by atoms with Crippen molar-refractivity contribution in [2.45, 2.75) is 31.1 Å². The van der Waals surface area contributed by atoms with E-state index in [9.17, 15) is 0 Å². The van der Waals surface area contributed by atoms with Crippen LogP contribution in [0.2, 0.25) is 0 Å². The monoisotopic (exact) mass is 142 g/mol. The number of rotatable bonds is 0. The molecular weight excluding hydrogens is 132 g/mol. The van der Waals surface area contributed by atoms with E-state index in [1.54, 1.807) is 0 Å². The molecule has 0 saturated heterocycles. The Kier molecular flexibility index (Phi) is 1.13. The first-order chi connectivity index (χ1) is 4.31. The maximum Gasteiger partial charge on any atom is 0.0524 e. The van der Waals surface area contributed by atoms with E-state index < -0.39 is 0 Å². The molecule has 0 bridgehead atoms. The van der Waals surface area contributed by atoms with Gasteiger partial charge in [0.2, 0.25) is 0 Å². The van der Waals surface area contributed by atoms with Gasteiger partial charge in [0.25, 0.3) is 0 Å². The van der Waals surface area contributed by atoms with Gasteiger partial charge in [-0.2, -0.15) is 0 Å². The molecule has 1 saturated carbocycles. The van der Waals surface area contributed by atoms with Crippen LogP contribution in [0.5, 0.6) is 0 Å². The molecular formula is C8H11Cl. The summed E-state index contributed by atoms with van der Waals surface area (Å²) in [5.41, 5.74) is 0.576. The van der Waals surface area contributed by atoms with E-state index in [4.69, 9.17) is 11.6 Å². The predicted octanol–water partition coefficient (Wildman–Crippen LogP) is 2.72. The highest BCUT2D eigenvalue weighted by molar-refractivity contribution is 6.22. The highest BCUT2D eigenvalue weighted by atomic mass is 35.5. The minimum absolute atomic E-state index is 0.338. The summed E-state index contributed by atoms with van der Waals surface area (Å²) in [5.74, 6) is 0. The van der Waals surface area contributed by atoms with E-state index in [0.29, 0.717) is 10.8 Å². The summed E-state index contributed by atoms with van der Waals surface area (Å²) in [4.78, 5) is 0. The Balaban J connectivity index is 2.09. The second-order valence-electron chi connectivity index (χ2n) is 3.30. The third-order valence-corrected chi connectivity index (χ3v) is 2.91. The Morgan fingerprint density at radius 2 is 2.22 bits per heavy atom. The molecule has 0 N–H and O–H groups in total. The topological polar surface area (TPSA) is 0 Å². The molecule has 50 valence electrons. The molecule has 0 aromatic carbocycles. The lowest BCUT2D eigenvalue weighted by molar-refractivity contribution is 0.203. The molecule has 0 nitrogen and oxygen atoms in total. The van der Waals surface area contributed by atoms with E-state index in [0.717, 1.165) is 0 Å². The van der Waals surface area contributed by atoms with Gasteiger partial charge in [0.15, 0.2) is 0 Å². The van der Waals surface area contributed by atoms with Crippen molar-refractivity contribution < 1.29 is 0 Å². The average molecular weight is 143 g/mol. The Labute approximate surface area is 60.9 Å². The van der Waals surface area contributed by atoms with Crippen LogP contribution in [0.1, 0.15) is 25.7 Å². The number of alkyl halides is 1. The molecule has 2 rings (SSSR count). The minimum atomic E-state index is 0.338. The van der Waals surface area contributed by atoms with Crippen molar-refractivity contribution in [3.8, 4) is 0 Å². The maximum absolute atomic E-state index is 5.92. The zero-order valence-electron chi connectivity index (χ0n) is 5.44. The minimum Gasteiger partial charge on any atom is -0.118 e. The summed E-state index contributed by atoms with van der Waals surface area (Å²) in [7, 11) is 0. The number of hydrogen-bond donors (Lipinski definition) is 0. The van der Waals surface area contributed by atoms with Crippen LogP contribution in [0, 0.1) is 5.41 Å². The summed E-state index contributed by atoms with van der Waals surface area (Å²) in [5, 5.41) is 0.338. The van der Waals surface area contributed by atoms with E-state index in [2.05, 4.69) is 12.2 Å². The third kappa shape index (κ3) is 0.806. The lowest BCUT2D eigenvalue weighted by atomic mass is 9.69. The molecule has 0 aliphatic heterocycles. The lowest BCUT2D eigenvalue weighted by Crippen LogP contribution is -2.25. The molecule has 2 aliphatic carbocycles. The first-order valence-electron chi connectivity index (χ1n) is 3.64. The fraction of sp³-hybridized carbons (Fsp3) is 0.750. The first kappa shape index (κ1) is 5.79. The van der Waals surface area contributed by atoms with Gasteiger partial charge in [0.1, 0.15) is 0 Å². The fourth-order valence-corrected chi connectivity index (χ4v) is 2.21. The molecule has 1 heteroatoms. The van der Waals surface area contributed by atoms with Gasteiger partial charge in [-0.1, -0.05) is 18.6 Å². The molecule has 0 radical (unpaired) electrons. The van der Waals surface area contributed by atoms with E-state index in [1.165, 1.54) is 25.7 Å². The molecule has 0 aromatic heterocycles. The molecule has 1 fully saturated rings. The Bertz CT molecular complexity index is 145. The van der Waals surface area contributed by atoms with Crippen LogP contribution in [0.3, 0.4) is 0 Å². The summed E-state index contributed by atoms with van der Waals surface area (Å²) in [6.45, 7) is 0. The molecule has 2 aliphatic rings. The molecule has 1 spiro atoms. The summed E-state index contributed by atoms with van der Waals surface area (Å²) < 4.78 is 0. The van der Waals surface area contributed by atoms with Gasteiger partial charge in [-0.15, -0.1) is 11.6 Å². The molecule has 1 atom stereocenters. The first-order valence-corrected chi connectivity index (χ1v) is 4.08. The smallest absolute Gasteiger partial charge is 0.0524 e. The quantitative estimate of drug-likeness (QED) is 0.361. The van der Waals surface area contributed by atoms with E-state index >= 15 is 0 Å². The van der Waals surface area contributed by atoms with Crippen LogP contribution in [0.4, 0.5) is 0 Å². The fourth-order valence-electron chi connectivity index (χ4n) is 1.83. The highest BCUT2D eigenvalue weighted by Crippen LogP contribution is 2.50. The third-order valence-electron chi connectivity index (χ3n) is 2.61. The van der Waals surface area contributed by atoms with Crippen molar-refractivity contribution in [3.05, 3.63) is 12.2 Å². The summed E-state index contributed by atoms with van der Waals surface area (Å²) in [6, 6.07) is 0. The average Bonchev–Trinajstić information content (AvgIpc) is 2.09. The van der Waals surface area contributed by atoms with Gasteiger partial charge < -0.3 is 0 Å². The van der Waals surface area contributed by atoms with Crippen LogP contribution >= 0.6 is 11.6 Å². The van der Waals surface area contributed by atoms with Crippen molar-refractivity contribution in [2.75, 3.05) is 0 Å². The Morgan fingerprint density at radius 3 is 2.44 bits per heavy atom. The van der Waals surface area contributed by atoms with Gasteiger partial charge in [-0.25, -0.2) is 0 Å². The predicted molar refractivity (Wildman–Crippen MR) is 39.7 cm³/mol. The van der Waals surface area contributed by atoms with Gasteiger partial charge in [-0.05, 0) is 24.7 Å². The van der Waals surface area contributed by atoms with Crippen LogP contribution < -0.4 is 0 Å². The summed E-state index contributed by atoms with van der Waals surface area (Å²) >= 11 is 5.92. The van der Waals surface area contributed by atoms with Gasteiger partial charge in [0, 0.05) is 0 Å². The van der Waals surface area contributed by atoms with E-state index in [-0.39, 0.29) is 0 Å². The van der Waals surface area contributed by atoms with Crippen LogP contribution in [0.15, 0.2) is 12.2 Å². The van der Waals surface area contributed by atoms with Crippen molar-refractivity contribution in [2.24, 2.45) is 5.41 Å². The second-order valence-corrected chi connectivity index (χ2v) is 3.86. The van der Waals surface area contributed by atoms with Crippen molar-refractivity contribution in [1.82, 2.24) is 0 Å². The van der Waals surface area contributed by atoms with Crippen molar-refractivity contribution in [3.63, 3.8) is 0 Å². The zero-order valence-corrected chi connectivity index (χ0v) is 6.19. The van der Waals surface area contributed by atoms with Crippen molar-refractivity contribution >= 4 is 11.6 Å². The van der Waals surface area contributed by atoms with Crippen LogP contribution in [-0.4, -0.2) is 5.38 Å². The normalized spacial score (nSPS) is 37.2. The molecule has 9 heavy (non-hydrogen) atoms. The van der Waals surface area contributed by atoms with Crippen LogP contribution in [0.25, 0.3) is 0 Å². The van der Waals surface area contributed by atoms with Gasteiger partial charge >= 0.3 is 0 Å². The highest BCUT2D eigenvalue weighted by Gasteiger charge is 2.38. The molecule has 1 unspecified atom stereocenters. The van der Waals surface area contributed by atoms with Crippen LogP contribution in [-0.2, 0) is 0 Å². The largest absolute Gasteiger partial charge is 0.118 e. The zero-order chi connectivity index (χ0) is 6.32. The standard InChI is InChI=1S/C8H11Cl/c9-7-2-5-8(6-7)3-1-4-8/h2,5,7H,1,3-4,6H2. The van der Waals surface area contributed by atoms with Crippen molar-refractivity contribution in [1.29, 1.82) is 0 Å². The summed E-state index contributed by atoms with van der Waals surface area (Å²) in [6.07, 6.45) is 9.86. The Hall–Kier alpha value is 0.0300. The van der Waals surface area contributed by atoms with Gasteiger partial charge in [0.05, 0.1) is 5.38 Å².